The minimum atomic E-state index is -0.0762. The van der Waals surface area contributed by atoms with Crippen LogP contribution >= 0.6 is 0 Å². The largest absolute Gasteiger partial charge is 0.339 e. The highest BCUT2D eigenvalue weighted by Crippen LogP contribution is 2.37. The molecule has 0 saturated carbocycles. The standard InChI is InChI=1S/C41H34N4/c1-41(2,3)31-26-35(38-22-12-21-36(44-38)33-19-11-16-29-15-7-8-17-32(29)33)40(43-27-31)45-37-20-10-9-18-34(37)39-25-30(23-24-42-39)28-13-5-4-6-14-28/h4-27H,1-3H3,(H,43,45). The lowest BCUT2D eigenvalue weighted by atomic mass is 9.87. The van der Waals surface area contributed by atoms with Crippen LogP contribution in [0.5, 0.6) is 0 Å². The Morgan fingerprint density at radius 1 is 0.533 bits per heavy atom. The van der Waals surface area contributed by atoms with Crippen molar-refractivity contribution in [2.45, 2.75) is 26.2 Å². The number of nitrogens with one attached hydrogen (secondary N) is 1. The first-order chi connectivity index (χ1) is 21.9. The molecule has 4 heteroatoms. The summed E-state index contributed by atoms with van der Waals surface area (Å²) in [4.78, 5) is 15.0. The molecule has 0 aliphatic carbocycles. The minimum Gasteiger partial charge on any atom is -0.339 e. The summed E-state index contributed by atoms with van der Waals surface area (Å²) in [6.07, 6.45) is 3.84. The molecular formula is C41H34N4. The first kappa shape index (κ1) is 28.2. The van der Waals surface area contributed by atoms with Crippen molar-refractivity contribution in [1.82, 2.24) is 15.0 Å². The molecule has 0 atom stereocenters. The van der Waals surface area contributed by atoms with Crippen LogP contribution in [0.1, 0.15) is 26.3 Å². The highest BCUT2D eigenvalue weighted by Gasteiger charge is 2.20. The van der Waals surface area contributed by atoms with Crippen molar-refractivity contribution >= 4 is 22.3 Å². The molecule has 4 aromatic carbocycles. The molecule has 0 radical (unpaired) electrons. The fraction of sp³-hybridized carbons (Fsp3) is 0.0976. The van der Waals surface area contributed by atoms with E-state index < -0.39 is 0 Å². The van der Waals surface area contributed by atoms with Crippen LogP contribution in [0.3, 0.4) is 0 Å². The molecular weight excluding hydrogens is 548 g/mol. The highest BCUT2D eigenvalue weighted by atomic mass is 15.0. The van der Waals surface area contributed by atoms with Gasteiger partial charge in [-0.15, -0.1) is 0 Å². The number of anilines is 2. The lowest BCUT2D eigenvalue weighted by Gasteiger charge is -2.21. The number of pyridine rings is 3. The van der Waals surface area contributed by atoms with Gasteiger partial charge in [0.05, 0.1) is 17.1 Å². The molecule has 0 aliphatic heterocycles. The van der Waals surface area contributed by atoms with E-state index in [4.69, 9.17) is 15.0 Å². The van der Waals surface area contributed by atoms with Crippen molar-refractivity contribution in [2.24, 2.45) is 0 Å². The number of hydrogen-bond acceptors (Lipinski definition) is 4. The molecule has 0 amide bonds. The third-order valence-electron chi connectivity index (χ3n) is 8.17. The van der Waals surface area contributed by atoms with Crippen molar-refractivity contribution in [1.29, 1.82) is 0 Å². The Hall–Kier alpha value is -5.61. The van der Waals surface area contributed by atoms with Gasteiger partial charge in [0.2, 0.25) is 0 Å². The molecule has 45 heavy (non-hydrogen) atoms. The van der Waals surface area contributed by atoms with Gasteiger partial charge >= 0.3 is 0 Å². The fourth-order valence-electron chi connectivity index (χ4n) is 5.68. The smallest absolute Gasteiger partial charge is 0.139 e. The summed E-state index contributed by atoms with van der Waals surface area (Å²) in [5.41, 5.74) is 10.0. The Balaban J connectivity index is 1.32. The van der Waals surface area contributed by atoms with Crippen molar-refractivity contribution < 1.29 is 0 Å². The van der Waals surface area contributed by atoms with Crippen LogP contribution in [-0.2, 0) is 5.41 Å². The Morgan fingerprint density at radius 3 is 2.07 bits per heavy atom. The lowest BCUT2D eigenvalue weighted by Crippen LogP contribution is -2.12. The first-order valence-corrected chi connectivity index (χ1v) is 15.3. The molecule has 0 aliphatic rings. The number of nitrogens with zero attached hydrogens (tertiary/aromatic N) is 3. The van der Waals surface area contributed by atoms with Crippen LogP contribution < -0.4 is 5.32 Å². The molecule has 4 nitrogen and oxygen atoms in total. The van der Waals surface area contributed by atoms with Gasteiger partial charge in [0.1, 0.15) is 5.82 Å². The topological polar surface area (TPSA) is 50.7 Å². The van der Waals surface area contributed by atoms with E-state index in [9.17, 15) is 0 Å². The van der Waals surface area contributed by atoms with Crippen molar-refractivity contribution in [3.05, 3.63) is 151 Å². The third-order valence-corrected chi connectivity index (χ3v) is 8.17. The zero-order valence-corrected chi connectivity index (χ0v) is 25.7. The zero-order valence-electron chi connectivity index (χ0n) is 25.7. The summed E-state index contributed by atoms with van der Waals surface area (Å²) in [6.45, 7) is 6.63. The van der Waals surface area contributed by atoms with Crippen molar-refractivity contribution in [3.8, 4) is 44.9 Å². The van der Waals surface area contributed by atoms with Crippen LogP contribution in [0.2, 0.25) is 0 Å². The van der Waals surface area contributed by atoms with Crippen LogP contribution in [-0.4, -0.2) is 15.0 Å². The number of hydrogen-bond donors (Lipinski definition) is 1. The molecule has 1 N–H and O–H groups in total. The summed E-state index contributed by atoms with van der Waals surface area (Å²) < 4.78 is 0. The molecule has 0 saturated heterocycles. The number of rotatable bonds is 6. The van der Waals surface area contributed by atoms with E-state index in [2.05, 4.69) is 135 Å². The quantitative estimate of drug-likeness (QED) is 0.212. The van der Waals surface area contributed by atoms with Gasteiger partial charge in [-0.3, -0.25) is 4.98 Å². The number of fused-ring (bicyclic) bond motifs is 1. The van der Waals surface area contributed by atoms with E-state index in [1.54, 1.807) is 0 Å². The summed E-state index contributed by atoms with van der Waals surface area (Å²) in [6, 6.07) is 46.1. The number of para-hydroxylation sites is 1. The Morgan fingerprint density at radius 2 is 1.22 bits per heavy atom. The Bertz CT molecular complexity index is 2120. The molecule has 218 valence electrons. The van der Waals surface area contributed by atoms with Gasteiger partial charge in [-0.1, -0.05) is 118 Å². The molecule has 7 rings (SSSR count). The van der Waals surface area contributed by atoms with Gasteiger partial charge in [0.15, 0.2) is 0 Å². The van der Waals surface area contributed by atoms with Crippen LogP contribution in [0.15, 0.2) is 146 Å². The molecule has 0 fully saturated rings. The average Bonchev–Trinajstić information content (AvgIpc) is 3.08. The van der Waals surface area contributed by atoms with Crippen molar-refractivity contribution in [3.63, 3.8) is 0 Å². The van der Waals surface area contributed by atoms with E-state index in [-0.39, 0.29) is 5.41 Å². The maximum Gasteiger partial charge on any atom is 0.139 e. The summed E-state index contributed by atoms with van der Waals surface area (Å²) >= 11 is 0. The second kappa shape index (κ2) is 11.8. The predicted octanol–water partition coefficient (Wildman–Crippen LogP) is 10.7. The van der Waals surface area contributed by atoms with Gasteiger partial charge in [-0.25, -0.2) is 9.97 Å². The second-order valence-electron chi connectivity index (χ2n) is 12.3. The highest BCUT2D eigenvalue weighted by molar-refractivity contribution is 5.96. The van der Waals surface area contributed by atoms with E-state index in [0.717, 1.165) is 62.0 Å². The third kappa shape index (κ3) is 5.83. The monoisotopic (exact) mass is 582 g/mol. The van der Waals surface area contributed by atoms with Crippen LogP contribution in [0.4, 0.5) is 11.5 Å². The first-order valence-electron chi connectivity index (χ1n) is 15.3. The van der Waals surface area contributed by atoms with Gasteiger partial charge in [-0.2, -0.15) is 0 Å². The summed E-state index contributed by atoms with van der Waals surface area (Å²) in [5, 5.41) is 6.05. The van der Waals surface area contributed by atoms with E-state index in [1.165, 1.54) is 10.8 Å². The molecule has 0 bridgehead atoms. The number of aromatic nitrogens is 3. The molecule has 0 unspecified atom stereocenters. The van der Waals surface area contributed by atoms with E-state index >= 15 is 0 Å². The predicted molar refractivity (Wildman–Crippen MR) is 188 cm³/mol. The molecule has 7 aromatic rings. The van der Waals surface area contributed by atoms with Crippen molar-refractivity contribution in [2.75, 3.05) is 5.32 Å². The lowest BCUT2D eigenvalue weighted by molar-refractivity contribution is 0.588. The van der Waals surface area contributed by atoms with Crippen LogP contribution in [0.25, 0.3) is 55.7 Å². The Kier molecular flexibility index (Phi) is 7.40. The summed E-state index contributed by atoms with van der Waals surface area (Å²) in [7, 11) is 0. The molecule has 0 spiro atoms. The molecule has 3 aromatic heterocycles. The van der Waals surface area contributed by atoms with Gasteiger partial charge < -0.3 is 5.32 Å². The fourth-order valence-corrected chi connectivity index (χ4v) is 5.68. The maximum absolute atomic E-state index is 5.22. The minimum absolute atomic E-state index is 0.0762. The van der Waals surface area contributed by atoms with Gasteiger partial charge in [0, 0.05) is 34.8 Å². The van der Waals surface area contributed by atoms with Gasteiger partial charge in [-0.05, 0) is 69.3 Å². The maximum atomic E-state index is 5.22. The molecule has 3 heterocycles. The zero-order chi connectivity index (χ0) is 30.8. The van der Waals surface area contributed by atoms with E-state index in [0.29, 0.717) is 0 Å². The Labute approximate surface area is 264 Å². The van der Waals surface area contributed by atoms with E-state index in [1.807, 2.05) is 36.7 Å². The SMILES string of the molecule is CC(C)(C)c1cnc(Nc2ccccc2-c2cc(-c3ccccc3)ccn2)c(-c2cccc(-c3cccc4ccccc34)n2)c1. The normalized spacial score (nSPS) is 11.4. The second-order valence-corrected chi connectivity index (χ2v) is 12.3. The van der Waals surface area contributed by atoms with Crippen LogP contribution in [0, 0.1) is 0 Å². The number of benzene rings is 4. The average molecular weight is 583 g/mol. The van der Waals surface area contributed by atoms with Gasteiger partial charge in [0.25, 0.3) is 0 Å². The summed E-state index contributed by atoms with van der Waals surface area (Å²) in [5.74, 6) is 0.747.